The van der Waals surface area contributed by atoms with Gasteiger partial charge in [-0.2, -0.15) is 0 Å². The van der Waals surface area contributed by atoms with Crippen molar-refractivity contribution in [2.45, 2.75) is 46.2 Å². The summed E-state index contributed by atoms with van der Waals surface area (Å²) in [6, 6.07) is 7.78. The summed E-state index contributed by atoms with van der Waals surface area (Å²) in [7, 11) is 0. The average molecular weight is 385 g/mol. The summed E-state index contributed by atoms with van der Waals surface area (Å²) in [5, 5.41) is 13.7. The van der Waals surface area contributed by atoms with Crippen LogP contribution in [-0.4, -0.2) is 46.0 Å². The minimum Gasteiger partial charge on any atom is -0.494 e. The first-order chi connectivity index (χ1) is 13.5. The summed E-state index contributed by atoms with van der Waals surface area (Å²) in [4.78, 5) is 24.9. The van der Waals surface area contributed by atoms with E-state index in [4.69, 9.17) is 4.74 Å². The topological polar surface area (TPSA) is 98.1 Å². The van der Waals surface area contributed by atoms with Gasteiger partial charge >= 0.3 is 0 Å². The van der Waals surface area contributed by atoms with Crippen LogP contribution in [0.15, 0.2) is 24.3 Å². The van der Waals surface area contributed by atoms with Crippen molar-refractivity contribution in [3.8, 4) is 5.75 Å². The molecule has 8 nitrogen and oxygen atoms in total. The minimum atomic E-state index is -0.385. The monoisotopic (exact) mass is 385 g/mol. The van der Waals surface area contributed by atoms with Crippen LogP contribution in [0.25, 0.3) is 0 Å². The van der Waals surface area contributed by atoms with Gasteiger partial charge in [-0.05, 0) is 43.4 Å². The Labute approximate surface area is 164 Å². The maximum atomic E-state index is 12.5. The fourth-order valence-electron chi connectivity index (χ4n) is 3.35. The summed E-state index contributed by atoms with van der Waals surface area (Å²) in [5.41, 5.74) is 1.40. The lowest BCUT2D eigenvalue weighted by Gasteiger charge is -2.25. The minimum absolute atomic E-state index is 0.0114. The van der Waals surface area contributed by atoms with Gasteiger partial charge in [-0.1, -0.05) is 31.2 Å². The standard InChI is InChI=1S/C20H27N5O3/c1-4-28-16-7-5-14(6-8-16)9-10-21-19(26)17-18-20(27)22-15(11-13(2)3)12-25(18)24-23-17/h5-8,13,15H,4,9-12H2,1-3H3,(H,21,26)(H,22,27)/t15-/m0/s1. The Morgan fingerprint density at radius 3 is 2.79 bits per heavy atom. The highest BCUT2D eigenvalue weighted by atomic mass is 16.5. The summed E-state index contributed by atoms with van der Waals surface area (Å²) in [6.07, 6.45) is 1.53. The van der Waals surface area contributed by atoms with Gasteiger partial charge in [0.15, 0.2) is 11.4 Å². The van der Waals surface area contributed by atoms with Gasteiger partial charge in [-0.25, -0.2) is 4.68 Å². The van der Waals surface area contributed by atoms with Gasteiger partial charge < -0.3 is 15.4 Å². The molecular weight excluding hydrogens is 358 g/mol. The molecule has 0 spiro atoms. The van der Waals surface area contributed by atoms with Crippen LogP contribution in [0.3, 0.4) is 0 Å². The molecule has 0 bridgehead atoms. The molecule has 0 saturated carbocycles. The SMILES string of the molecule is CCOc1ccc(CCNC(=O)c2nnn3c2C(=O)N[C@@H](CC(C)C)C3)cc1. The van der Waals surface area contributed by atoms with E-state index < -0.39 is 0 Å². The van der Waals surface area contributed by atoms with Crippen molar-refractivity contribution in [1.82, 2.24) is 25.6 Å². The van der Waals surface area contributed by atoms with Crippen LogP contribution in [0, 0.1) is 5.92 Å². The summed E-state index contributed by atoms with van der Waals surface area (Å²) in [6.45, 7) is 7.75. The van der Waals surface area contributed by atoms with Gasteiger partial charge in [0, 0.05) is 12.6 Å². The Hall–Kier alpha value is -2.90. The zero-order chi connectivity index (χ0) is 20.1. The van der Waals surface area contributed by atoms with Crippen molar-refractivity contribution in [3.05, 3.63) is 41.2 Å². The molecule has 0 saturated heterocycles. The molecule has 2 aromatic rings. The van der Waals surface area contributed by atoms with Crippen molar-refractivity contribution < 1.29 is 14.3 Å². The van der Waals surface area contributed by atoms with Crippen LogP contribution >= 0.6 is 0 Å². The van der Waals surface area contributed by atoms with Gasteiger partial charge in [0.25, 0.3) is 11.8 Å². The van der Waals surface area contributed by atoms with Crippen LogP contribution in [0.4, 0.5) is 0 Å². The van der Waals surface area contributed by atoms with E-state index in [1.54, 1.807) is 0 Å². The fraction of sp³-hybridized carbons (Fsp3) is 0.500. The zero-order valence-electron chi connectivity index (χ0n) is 16.6. The molecule has 3 rings (SSSR count). The largest absolute Gasteiger partial charge is 0.494 e. The van der Waals surface area contributed by atoms with Crippen LogP contribution in [0.2, 0.25) is 0 Å². The van der Waals surface area contributed by atoms with Gasteiger partial charge in [0.2, 0.25) is 0 Å². The summed E-state index contributed by atoms with van der Waals surface area (Å²) >= 11 is 0. The van der Waals surface area contributed by atoms with Gasteiger partial charge in [0.1, 0.15) is 5.75 Å². The third kappa shape index (κ3) is 4.68. The van der Waals surface area contributed by atoms with E-state index in [0.29, 0.717) is 32.0 Å². The third-order valence-electron chi connectivity index (χ3n) is 4.58. The smallest absolute Gasteiger partial charge is 0.274 e. The Morgan fingerprint density at radius 1 is 1.36 bits per heavy atom. The van der Waals surface area contributed by atoms with Crippen LogP contribution < -0.4 is 15.4 Å². The Kier molecular flexibility index (Phi) is 6.28. The van der Waals surface area contributed by atoms with Crippen LogP contribution in [0.5, 0.6) is 5.75 Å². The first-order valence-corrected chi connectivity index (χ1v) is 9.72. The van der Waals surface area contributed by atoms with Crippen LogP contribution in [0.1, 0.15) is 53.7 Å². The number of ether oxygens (including phenoxy) is 1. The van der Waals surface area contributed by atoms with E-state index in [1.807, 2.05) is 31.2 Å². The third-order valence-corrected chi connectivity index (χ3v) is 4.58. The number of nitrogens with one attached hydrogen (secondary N) is 2. The quantitative estimate of drug-likeness (QED) is 0.722. The van der Waals surface area contributed by atoms with Crippen molar-refractivity contribution in [2.24, 2.45) is 5.92 Å². The van der Waals surface area contributed by atoms with E-state index in [-0.39, 0.29) is 29.2 Å². The van der Waals surface area contributed by atoms with Gasteiger partial charge in [-0.15, -0.1) is 5.10 Å². The molecule has 1 aliphatic heterocycles. The molecule has 1 aliphatic rings. The molecule has 2 heterocycles. The molecule has 0 unspecified atom stereocenters. The van der Waals surface area contributed by atoms with Crippen molar-refractivity contribution in [2.75, 3.05) is 13.2 Å². The van der Waals surface area contributed by atoms with Crippen molar-refractivity contribution >= 4 is 11.8 Å². The molecule has 0 aliphatic carbocycles. The zero-order valence-corrected chi connectivity index (χ0v) is 16.6. The number of aromatic nitrogens is 3. The maximum Gasteiger partial charge on any atom is 0.274 e. The molecule has 150 valence electrons. The summed E-state index contributed by atoms with van der Waals surface area (Å²) in [5.74, 6) is 0.608. The number of amides is 2. The van der Waals surface area contributed by atoms with E-state index in [9.17, 15) is 9.59 Å². The number of benzene rings is 1. The second kappa shape index (κ2) is 8.86. The molecule has 8 heteroatoms. The Morgan fingerprint density at radius 2 is 2.11 bits per heavy atom. The molecule has 28 heavy (non-hydrogen) atoms. The molecule has 2 N–H and O–H groups in total. The molecule has 1 atom stereocenters. The molecule has 2 amide bonds. The number of carbonyl (C=O) groups excluding carboxylic acids is 2. The molecular formula is C20H27N5O3. The second-order valence-corrected chi connectivity index (χ2v) is 7.35. The van der Waals surface area contributed by atoms with Gasteiger partial charge in [-0.3, -0.25) is 9.59 Å². The van der Waals surface area contributed by atoms with E-state index in [1.165, 1.54) is 4.68 Å². The second-order valence-electron chi connectivity index (χ2n) is 7.35. The first kappa shape index (κ1) is 19.9. The normalized spacial score (nSPS) is 15.9. The molecule has 0 fully saturated rings. The number of hydrogen-bond acceptors (Lipinski definition) is 5. The fourth-order valence-corrected chi connectivity index (χ4v) is 3.35. The van der Waals surface area contributed by atoms with E-state index in [2.05, 4.69) is 34.8 Å². The van der Waals surface area contributed by atoms with Crippen molar-refractivity contribution in [1.29, 1.82) is 0 Å². The van der Waals surface area contributed by atoms with E-state index in [0.717, 1.165) is 17.7 Å². The average Bonchev–Trinajstić information content (AvgIpc) is 3.07. The molecule has 0 radical (unpaired) electrons. The highest BCUT2D eigenvalue weighted by molar-refractivity contribution is 6.05. The number of rotatable bonds is 8. The van der Waals surface area contributed by atoms with E-state index >= 15 is 0 Å². The predicted octanol–water partition coefficient (Wildman–Crippen LogP) is 1.81. The highest BCUT2D eigenvalue weighted by Crippen LogP contribution is 2.16. The number of nitrogens with zero attached hydrogens (tertiary/aromatic N) is 3. The number of fused-ring (bicyclic) bond motifs is 1. The van der Waals surface area contributed by atoms with Crippen molar-refractivity contribution in [3.63, 3.8) is 0 Å². The molecule has 1 aromatic carbocycles. The van der Waals surface area contributed by atoms with Crippen LogP contribution in [-0.2, 0) is 13.0 Å². The Balaban J connectivity index is 1.57. The van der Waals surface area contributed by atoms with Gasteiger partial charge in [0.05, 0.1) is 13.2 Å². The summed E-state index contributed by atoms with van der Waals surface area (Å²) < 4.78 is 6.95. The number of carbonyl (C=O) groups is 2. The lowest BCUT2D eigenvalue weighted by molar-refractivity contribution is 0.0870. The predicted molar refractivity (Wildman–Crippen MR) is 104 cm³/mol. The number of hydrogen-bond donors (Lipinski definition) is 2. The molecule has 1 aromatic heterocycles. The highest BCUT2D eigenvalue weighted by Gasteiger charge is 2.32. The Bertz CT molecular complexity index is 829. The lowest BCUT2D eigenvalue weighted by Crippen LogP contribution is -2.46. The first-order valence-electron chi connectivity index (χ1n) is 9.72. The lowest BCUT2D eigenvalue weighted by atomic mass is 10.0. The maximum absolute atomic E-state index is 12.5.